The van der Waals surface area contributed by atoms with Gasteiger partial charge in [-0.2, -0.15) is 5.26 Å². The van der Waals surface area contributed by atoms with E-state index in [0.29, 0.717) is 18.2 Å². The van der Waals surface area contributed by atoms with E-state index in [0.717, 1.165) is 0 Å². The molecule has 0 saturated carbocycles. The molecule has 19 heavy (non-hydrogen) atoms. The van der Waals surface area contributed by atoms with Gasteiger partial charge >= 0.3 is 0 Å². The Morgan fingerprint density at radius 1 is 1.53 bits per heavy atom. The Hall–Kier alpha value is -2.48. The number of nitrogens with zero attached hydrogens (tertiary/aromatic N) is 1. The molecule has 0 radical (unpaired) electrons. The fourth-order valence-corrected chi connectivity index (χ4v) is 1.29. The minimum atomic E-state index is -0.413. The number of anilines is 1. The number of hydrogen-bond donors (Lipinski definition) is 3. The third kappa shape index (κ3) is 5.13. The van der Waals surface area contributed by atoms with Crippen LogP contribution in [0.2, 0.25) is 0 Å². The predicted molar refractivity (Wildman–Crippen MR) is 73.3 cm³/mol. The van der Waals surface area contributed by atoms with Crippen molar-refractivity contribution in [1.82, 2.24) is 5.32 Å². The Morgan fingerprint density at radius 2 is 2.26 bits per heavy atom. The van der Waals surface area contributed by atoms with Gasteiger partial charge in [0.05, 0.1) is 0 Å². The number of rotatable bonds is 5. The Morgan fingerprint density at radius 3 is 2.84 bits per heavy atom. The number of phenolic OH excluding ortho intramolecular Hbond substituents is 1. The second-order valence-electron chi connectivity index (χ2n) is 4.47. The first kappa shape index (κ1) is 14.6. The van der Waals surface area contributed by atoms with Crippen molar-refractivity contribution in [2.75, 3.05) is 11.9 Å². The average molecular weight is 259 g/mol. The molecule has 0 unspecified atom stereocenters. The van der Waals surface area contributed by atoms with E-state index in [9.17, 15) is 9.90 Å². The third-order valence-corrected chi connectivity index (χ3v) is 2.27. The van der Waals surface area contributed by atoms with Gasteiger partial charge in [0.1, 0.15) is 17.4 Å². The van der Waals surface area contributed by atoms with Gasteiger partial charge in [0, 0.05) is 24.5 Å². The van der Waals surface area contributed by atoms with Crippen LogP contribution in [0.1, 0.15) is 13.8 Å². The Labute approximate surface area is 112 Å². The molecule has 5 heteroatoms. The largest absolute Gasteiger partial charge is 0.508 e. The molecule has 0 atom stereocenters. The molecule has 3 N–H and O–H groups in total. The Kier molecular flexibility index (Phi) is 5.42. The van der Waals surface area contributed by atoms with Crippen molar-refractivity contribution < 1.29 is 9.90 Å². The second kappa shape index (κ2) is 7.07. The maximum absolute atomic E-state index is 11.7. The zero-order valence-electron chi connectivity index (χ0n) is 11.0. The maximum atomic E-state index is 11.7. The van der Waals surface area contributed by atoms with E-state index in [2.05, 4.69) is 10.6 Å². The highest BCUT2D eigenvalue weighted by atomic mass is 16.3. The van der Waals surface area contributed by atoms with Gasteiger partial charge in [-0.15, -0.1) is 0 Å². The molecule has 0 saturated heterocycles. The first-order valence-corrected chi connectivity index (χ1v) is 5.97. The highest BCUT2D eigenvalue weighted by molar-refractivity contribution is 5.97. The van der Waals surface area contributed by atoms with E-state index >= 15 is 0 Å². The number of nitrogens with one attached hydrogen (secondary N) is 2. The fourth-order valence-electron chi connectivity index (χ4n) is 1.29. The number of phenols is 1. The predicted octanol–water partition coefficient (Wildman–Crippen LogP) is 1.98. The summed E-state index contributed by atoms with van der Waals surface area (Å²) in [5, 5.41) is 23.7. The van der Waals surface area contributed by atoms with Gasteiger partial charge in [0.2, 0.25) is 0 Å². The lowest BCUT2D eigenvalue weighted by Crippen LogP contribution is -2.28. The number of carbonyl (C=O) groups is 1. The fraction of sp³-hybridized carbons (Fsp3) is 0.286. The number of nitriles is 1. The van der Waals surface area contributed by atoms with Crippen LogP contribution in [-0.4, -0.2) is 17.6 Å². The number of hydrogen-bond acceptors (Lipinski definition) is 4. The van der Waals surface area contributed by atoms with Gasteiger partial charge in [0.15, 0.2) is 0 Å². The van der Waals surface area contributed by atoms with Crippen molar-refractivity contribution >= 4 is 11.6 Å². The summed E-state index contributed by atoms with van der Waals surface area (Å²) in [6.07, 6.45) is 1.32. The molecule has 0 aliphatic rings. The lowest BCUT2D eigenvalue weighted by atomic mass is 10.2. The molecular weight excluding hydrogens is 242 g/mol. The van der Waals surface area contributed by atoms with Crippen molar-refractivity contribution in [2.24, 2.45) is 5.92 Å². The van der Waals surface area contributed by atoms with Crippen LogP contribution in [0.4, 0.5) is 5.69 Å². The molecule has 0 heterocycles. The van der Waals surface area contributed by atoms with Gasteiger partial charge < -0.3 is 15.7 Å². The van der Waals surface area contributed by atoms with E-state index < -0.39 is 5.91 Å². The summed E-state index contributed by atoms with van der Waals surface area (Å²) in [5.74, 6) is 0.0212. The van der Waals surface area contributed by atoms with E-state index in [1.54, 1.807) is 12.1 Å². The standard InChI is InChI=1S/C14H17N3O2/c1-10(2)8-17-14(19)11(7-15)9-16-12-4-3-5-13(18)6-12/h3-6,9-10,16,18H,8H2,1-2H3,(H,17,19)/b11-9-. The molecule has 0 aromatic heterocycles. The quantitative estimate of drug-likeness (QED) is 0.557. The summed E-state index contributed by atoms with van der Waals surface area (Å²) in [7, 11) is 0. The minimum Gasteiger partial charge on any atom is -0.508 e. The van der Waals surface area contributed by atoms with Gasteiger partial charge in [0.25, 0.3) is 5.91 Å². The van der Waals surface area contributed by atoms with Gasteiger partial charge in [-0.25, -0.2) is 0 Å². The normalized spacial score (nSPS) is 10.9. The molecule has 1 amide bonds. The number of amides is 1. The third-order valence-electron chi connectivity index (χ3n) is 2.27. The van der Waals surface area contributed by atoms with Crippen LogP contribution in [0.5, 0.6) is 5.75 Å². The molecule has 0 fully saturated rings. The van der Waals surface area contributed by atoms with Crippen molar-refractivity contribution in [3.63, 3.8) is 0 Å². The topological polar surface area (TPSA) is 85.2 Å². The first-order chi connectivity index (χ1) is 9.02. The molecule has 5 nitrogen and oxygen atoms in total. The molecule has 1 aromatic carbocycles. The first-order valence-electron chi connectivity index (χ1n) is 5.97. The molecular formula is C14H17N3O2. The maximum Gasteiger partial charge on any atom is 0.263 e. The Bertz CT molecular complexity index is 516. The lowest BCUT2D eigenvalue weighted by Gasteiger charge is -2.07. The number of carbonyl (C=O) groups excluding carboxylic acids is 1. The zero-order chi connectivity index (χ0) is 14.3. The summed E-state index contributed by atoms with van der Waals surface area (Å²) in [5.41, 5.74) is 0.591. The summed E-state index contributed by atoms with van der Waals surface area (Å²) in [6.45, 7) is 4.46. The zero-order valence-corrected chi connectivity index (χ0v) is 11.0. The van der Waals surface area contributed by atoms with Gasteiger partial charge in [-0.3, -0.25) is 4.79 Å². The van der Waals surface area contributed by atoms with Crippen LogP contribution in [0.25, 0.3) is 0 Å². The highest BCUT2D eigenvalue weighted by Gasteiger charge is 2.08. The van der Waals surface area contributed by atoms with Crippen molar-refractivity contribution in [2.45, 2.75) is 13.8 Å². The van der Waals surface area contributed by atoms with Crippen molar-refractivity contribution in [1.29, 1.82) is 5.26 Å². The molecule has 1 rings (SSSR count). The van der Waals surface area contributed by atoms with Crippen LogP contribution < -0.4 is 10.6 Å². The monoisotopic (exact) mass is 259 g/mol. The minimum absolute atomic E-state index is 0.0102. The second-order valence-corrected chi connectivity index (χ2v) is 4.47. The molecule has 0 bridgehead atoms. The smallest absolute Gasteiger partial charge is 0.263 e. The molecule has 0 aliphatic heterocycles. The average Bonchev–Trinajstić information content (AvgIpc) is 2.37. The Balaban J connectivity index is 2.67. The number of benzene rings is 1. The highest BCUT2D eigenvalue weighted by Crippen LogP contribution is 2.15. The molecule has 1 aromatic rings. The summed E-state index contributed by atoms with van der Waals surface area (Å²) < 4.78 is 0. The summed E-state index contributed by atoms with van der Waals surface area (Å²) in [6, 6.07) is 8.25. The van der Waals surface area contributed by atoms with E-state index in [1.165, 1.54) is 18.3 Å². The molecule has 100 valence electrons. The SMILES string of the molecule is CC(C)CNC(=O)/C(C#N)=C\Nc1cccc(O)c1. The van der Waals surface area contributed by atoms with Gasteiger partial charge in [-0.1, -0.05) is 19.9 Å². The van der Waals surface area contributed by atoms with Crippen molar-refractivity contribution in [3.8, 4) is 11.8 Å². The molecule has 0 aliphatic carbocycles. The lowest BCUT2D eigenvalue weighted by molar-refractivity contribution is -0.117. The van der Waals surface area contributed by atoms with Crippen LogP contribution in [0, 0.1) is 17.2 Å². The van der Waals surface area contributed by atoms with Crippen LogP contribution >= 0.6 is 0 Å². The van der Waals surface area contributed by atoms with Crippen LogP contribution in [0.15, 0.2) is 36.0 Å². The summed E-state index contributed by atoms with van der Waals surface area (Å²) in [4.78, 5) is 11.7. The molecule has 0 spiro atoms. The van der Waals surface area contributed by atoms with Crippen molar-refractivity contribution in [3.05, 3.63) is 36.0 Å². The van der Waals surface area contributed by atoms with Gasteiger partial charge in [-0.05, 0) is 18.1 Å². The van der Waals surface area contributed by atoms with Crippen LogP contribution in [-0.2, 0) is 4.79 Å². The van der Waals surface area contributed by atoms with E-state index in [4.69, 9.17) is 5.26 Å². The van der Waals surface area contributed by atoms with Crippen LogP contribution in [0.3, 0.4) is 0 Å². The number of aromatic hydroxyl groups is 1. The van der Waals surface area contributed by atoms with E-state index in [-0.39, 0.29) is 11.3 Å². The summed E-state index contributed by atoms with van der Waals surface area (Å²) >= 11 is 0. The van der Waals surface area contributed by atoms with E-state index in [1.807, 2.05) is 19.9 Å².